The quantitative estimate of drug-likeness (QED) is 0.348. The normalized spacial score (nSPS) is 4.00. The predicted octanol–water partition coefficient (Wildman–Crippen LogP) is -0.244. The van der Waals surface area contributed by atoms with Crippen molar-refractivity contribution in [1.29, 1.82) is 0 Å². The van der Waals surface area contributed by atoms with Crippen LogP contribution < -0.4 is 0 Å². The molecule has 0 aromatic heterocycles. The standard InChI is InChI=1S/NO3.2Pd/c2-1(3)4;;/q-1;;. The van der Waals surface area contributed by atoms with Crippen LogP contribution in [-0.4, -0.2) is 5.09 Å². The van der Waals surface area contributed by atoms with Crippen LogP contribution in [0.4, 0.5) is 0 Å². The van der Waals surface area contributed by atoms with E-state index in [1.54, 1.807) is 0 Å². The molecule has 0 aliphatic heterocycles. The second-order valence-electron chi connectivity index (χ2n) is 0.224. The number of hydrogen-bond acceptors (Lipinski definition) is 3. The van der Waals surface area contributed by atoms with Gasteiger partial charge in [0.15, 0.2) is 0 Å². The van der Waals surface area contributed by atoms with Gasteiger partial charge in [-0.3, -0.25) is 0 Å². The van der Waals surface area contributed by atoms with Crippen molar-refractivity contribution in [2.45, 2.75) is 0 Å². The molecule has 4 nitrogen and oxygen atoms in total. The number of hydrogen-bond donors (Lipinski definition) is 0. The summed E-state index contributed by atoms with van der Waals surface area (Å²) in [5.41, 5.74) is 0. The van der Waals surface area contributed by atoms with Gasteiger partial charge in [-0.2, -0.15) is 0 Å². The van der Waals surface area contributed by atoms with Crippen molar-refractivity contribution in [3.8, 4) is 0 Å². The molecule has 0 saturated heterocycles. The number of nitrogens with zero attached hydrogens (tertiary/aromatic N) is 1. The second-order valence-corrected chi connectivity index (χ2v) is 0.224. The van der Waals surface area contributed by atoms with Crippen LogP contribution in [0, 0.1) is 15.3 Å². The summed E-state index contributed by atoms with van der Waals surface area (Å²) in [5, 5.41) is 14.8. The molecule has 0 bridgehead atoms. The van der Waals surface area contributed by atoms with Gasteiger partial charge in [0.25, 0.3) is 0 Å². The van der Waals surface area contributed by atoms with Gasteiger partial charge in [-0.25, -0.2) is 0 Å². The first-order valence-corrected chi connectivity index (χ1v) is 0.548. The van der Waals surface area contributed by atoms with Gasteiger partial charge in [0, 0.05) is 40.8 Å². The molecule has 0 atom stereocenters. The SMILES string of the molecule is O=[N+]([O-])[O-].[Pd].[Pd]. The fourth-order valence-corrected chi connectivity index (χ4v) is 0. The summed E-state index contributed by atoms with van der Waals surface area (Å²) in [6.45, 7) is 0. The number of rotatable bonds is 0. The molecule has 44 valence electrons. The van der Waals surface area contributed by atoms with E-state index in [-0.39, 0.29) is 40.8 Å². The molecule has 0 radical (unpaired) electrons. The van der Waals surface area contributed by atoms with E-state index in [0.717, 1.165) is 0 Å². The zero-order valence-electron chi connectivity index (χ0n) is 2.30. The van der Waals surface area contributed by atoms with Gasteiger partial charge in [0.05, 0.1) is 5.09 Å². The third kappa shape index (κ3) is 204. The zero-order chi connectivity index (χ0) is 3.58. The molecule has 0 aromatic carbocycles. The molecule has 0 rings (SSSR count). The van der Waals surface area contributed by atoms with Crippen LogP contribution in [-0.2, 0) is 40.8 Å². The third-order valence-electron chi connectivity index (χ3n) is 0. The molecule has 0 aliphatic carbocycles. The van der Waals surface area contributed by atoms with E-state index in [0.29, 0.717) is 0 Å². The van der Waals surface area contributed by atoms with E-state index in [1.807, 2.05) is 0 Å². The molecular formula is NO3Pd2-. The average molecular weight is 275 g/mol. The Balaban J connectivity index is -0.0000000450. The van der Waals surface area contributed by atoms with Gasteiger partial charge >= 0.3 is 0 Å². The van der Waals surface area contributed by atoms with Crippen LogP contribution in [0.25, 0.3) is 0 Å². The van der Waals surface area contributed by atoms with Crippen LogP contribution in [0.5, 0.6) is 0 Å². The van der Waals surface area contributed by atoms with Crippen molar-refractivity contribution in [3.63, 3.8) is 0 Å². The molecule has 0 unspecified atom stereocenters. The summed E-state index contributed by atoms with van der Waals surface area (Å²) < 4.78 is 0. The first-order chi connectivity index (χ1) is 1.73. The summed E-state index contributed by atoms with van der Waals surface area (Å²) in [6.07, 6.45) is 0. The van der Waals surface area contributed by atoms with E-state index in [4.69, 9.17) is 15.3 Å². The molecule has 0 N–H and O–H groups in total. The second kappa shape index (κ2) is 9.10. The fraction of sp³-hybridized carbons (Fsp3) is 0. The first kappa shape index (κ1) is 16.0. The van der Waals surface area contributed by atoms with E-state index in [9.17, 15) is 0 Å². The van der Waals surface area contributed by atoms with Gasteiger partial charge in [0.2, 0.25) is 0 Å². The summed E-state index contributed by atoms with van der Waals surface area (Å²) >= 11 is 0. The maximum absolute atomic E-state index is 8.25. The Morgan fingerprint density at radius 3 is 1.17 bits per heavy atom. The van der Waals surface area contributed by atoms with Crippen LogP contribution in [0.15, 0.2) is 0 Å². The molecule has 0 heterocycles. The van der Waals surface area contributed by atoms with Crippen LogP contribution >= 0.6 is 0 Å². The van der Waals surface area contributed by atoms with Crippen molar-refractivity contribution < 1.29 is 45.9 Å². The summed E-state index contributed by atoms with van der Waals surface area (Å²) in [5.74, 6) is 0. The Morgan fingerprint density at radius 1 is 1.17 bits per heavy atom. The minimum atomic E-state index is -1.75. The first-order valence-electron chi connectivity index (χ1n) is 0.548. The Labute approximate surface area is 61.3 Å². The molecular weight excluding hydrogens is 275 g/mol. The van der Waals surface area contributed by atoms with Gasteiger partial charge in [-0.15, -0.1) is 0 Å². The minimum Gasteiger partial charge on any atom is -0.356 e. The van der Waals surface area contributed by atoms with Gasteiger partial charge in [-0.1, -0.05) is 0 Å². The topological polar surface area (TPSA) is 66.2 Å². The predicted molar refractivity (Wildman–Crippen MR) is 10.4 cm³/mol. The third-order valence-corrected chi connectivity index (χ3v) is 0. The smallest absolute Gasteiger partial charge is 0.0689 e. The Hall–Kier alpha value is 0.525. The summed E-state index contributed by atoms with van der Waals surface area (Å²) in [6, 6.07) is 0. The monoisotopic (exact) mass is 274 g/mol. The van der Waals surface area contributed by atoms with Crippen LogP contribution in [0.1, 0.15) is 0 Å². The van der Waals surface area contributed by atoms with E-state index in [1.165, 1.54) is 0 Å². The van der Waals surface area contributed by atoms with E-state index < -0.39 is 5.09 Å². The van der Waals surface area contributed by atoms with Crippen LogP contribution in [0.3, 0.4) is 0 Å². The molecule has 0 saturated carbocycles. The van der Waals surface area contributed by atoms with Crippen molar-refractivity contribution in [3.05, 3.63) is 15.3 Å². The largest absolute Gasteiger partial charge is 0.356 e. The Kier molecular flexibility index (Phi) is 24.3. The van der Waals surface area contributed by atoms with E-state index in [2.05, 4.69) is 0 Å². The molecule has 6 heavy (non-hydrogen) atoms. The molecule has 6 heteroatoms. The van der Waals surface area contributed by atoms with Gasteiger partial charge in [0.1, 0.15) is 0 Å². The maximum atomic E-state index is 8.25. The minimum absolute atomic E-state index is 0. The Bertz CT molecular complexity index is 31.8. The summed E-state index contributed by atoms with van der Waals surface area (Å²) in [4.78, 5) is 8.25. The molecule has 0 fully saturated rings. The van der Waals surface area contributed by atoms with Crippen molar-refractivity contribution in [2.24, 2.45) is 0 Å². The van der Waals surface area contributed by atoms with Crippen LogP contribution in [0.2, 0.25) is 0 Å². The van der Waals surface area contributed by atoms with E-state index >= 15 is 0 Å². The molecule has 0 aliphatic rings. The molecule has 0 aromatic rings. The van der Waals surface area contributed by atoms with Gasteiger partial charge in [-0.05, 0) is 0 Å². The van der Waals surface area contributed by atoms with Crippen molar-refractivity contribution in [2.75, 3.05) is 0 Å². The van der Waals surface area contributed by atoms with Gasteiger partial charge < -0.3 is 15.3 Å². The molecule has 0 amide bonds. The zero-order valence-corrected chi connectivity index (χ0v) is 5.41. The molecule has 0 spiro atoms. The average Bonchev–Trinajstić information content (AvgIpc) is 0.811. The maximum Gasteiger partial charge on any atom is 0.0689 e. The Morgan fingerprint density at radius 2 is 1.17 bits per heavy atom. The van der Waals surface area contributed by atoms with Crippen molar-refractivity contribution in [1.82, 2.24) is 0 Å². The summed E-state index contributed by atoms with van der Waals surface area (Å²) in [7, 11) is 0. The fourth-order valence-electron chi connectivity index (χ4n) is 0. The van der Waals surface area contributed by atoms with Crippen molar-refractivity contribution >= 4 is 0 Å².